The fourth-order valence-electron chi connectivity index (χ4n) is 1.68. The monoisotopic (exact) mass is 286 g/mol. The Balaban J connectivity index is 4.54. The first kappa shape index (κ1) is 18.4. The molecule has 0 atom stereocenters. The van der Waals surface area contributed by atoms with Crippen molar-refractivity contribution in [2.24, 2.45) is 5.41 Å². The fourth-order valence-corrected chi connectivity index (χ4v) is 1.68. The first-order valence-corrected chi connectivity index (χ1v) is 6.76. The van der Waals surface area contributed by atoms with Crippen LogP contribution in [0.5, 0.6) is 0 Å². The van der Waals surface area contributed by atoms with Gasteiger partial charge in [0.1, 0.15) is 5.54 Å². The van der Waals surface area contributed by atoms with E-state index in [0.29, 0.717) is 6.54 Å². The molecule has 116 valence electrons. The maximum atomic E-state index is 12.1. The number of nitrogens with one attached hydrogen (secondary N) is 1. The van der Waals surface area contributed by atoms with Crippen LogP contribution in [0.4, 0.5) is 0 Å². The summed E-state index contributed by atoms with van der Waals surface area (Å²) in [5.41, 5.74) is -1.76. The van der Waals surface area contributed by atoms with Gasteiger partial charge in [-0.3, -0.25) is 9.59 Å². The zero-order valence-electron chi connectivity index (χ0n) is 13.2. The van der Waals surface area contributed by atoms with Crippen LogP contribution < -0.4 is 5.32 Å². The van der Waals surface area contributed by atoms with Crippen LogP contribution in [0, 0.1) is 5.41 Å². The number of hydrogen-bond donors (Lipinski definition) is 2. The minimum atomic E-state index is -1.25. The molecule has 2 N–H and O–H groups in total. The molecule has 0 heterocycles. The normalized spacial score (nSPS) is 11.9. The highest BCUT2D eigenvalue weighted by atomic mass is 16.4. The van der Waals surface area contributed by atoms with Gasteiger partial charge in [0.15, 0.2) is 0 Å². The van der Waals surface area contributed by atoms with Gasteiger partial charge in [0.25, 0.3) is 0 Å². The second-order valence-corrected chi connectivity index (χ2v) is 6.26. The maximum absolute atomic E-state index is 12.1. The van der Waals surface area contributed by atoms with E-state index in [-0.39, 0.29) is 24.8 Å². The van der Waals surface area contributed by atoms with Gasteiger partial charge in [0.2, 0.25) is 11.8 Å². The predicted molar refractivity (Wildman–Crippen MR) is 76.2 cm³/mol. The molecular weight excluding hydrogens is 260 g/mol. The summed E-state index contributed by atoms with van der Waals surface area (Å²) < 4.78 is 0. The van der Waals surface area contributed by atoms with E-state index in [9.17, 15) is 14.4 Å². The molecule has 2 amide bonds. The van der Waals surface area contributed by atoms with Gasteiger partial charge in [0, 0.05) is 24.9 Å². The second kappa shape index (κ2) is 6.72. The SMILES string of the molecule is CCN(C(=O)CCNC(=O)C(C)(C)C)C(C)(C)C(=O)O. The predicted octanol–water partition coefficient (Wildman–Crippen LogP) is 1.25. The highest BCUT2D eigenvalue weighted by Gasteiger charge is 2.36. The summed E-state index contributed by atoms with van der Waals surface area (Å²) in [5.74, 6) is -1.47. The van der Waals surface area contributed by atoms with Gasteiger partial charge in [-0.2, -0.15) is 0 Å². The van der Waals surface area contributed by atoms with Gasteiger partial charge in [0.05, 0.1) is 0 Å². The highest BCUT2D eigenvalue weighted by molar-refractivity contribution is 5.87. The molecule has 6 heteroatoms. The van der Waals surface area contributed by atoms with Crippen LogP contribution in [0.3, 0.4) is 0 Å². The molecule has 0 aromatic rings. The molecule has 0 spiro atoms. The average Bonchev–Trinajstić information content (AvgIpc) is 2.27. The number of amides is 2. The molecule has 6 nitrogen and oxygen atoms in total. The topological polar surface area (TPSA) is 86.7 Å². The standard InChI is InChI=1S/C14H26N2O4/c1-7-16(14(5,6)12(19)20)10(17)8-9-15-11(18)13(2,3)4/h7-9H2,1-6H3,(H,15,18)(H,19,20). The molecule has 0 rings (SSSR count). The van der Waals surface area contributed by atoms with Crippen LogP contribution in [-0.2, 0) is 14.4 Å². The van der Waals surface area contributed by atoms with Crippen molar-refractivity contribution in [1.29, 1.82) is 0 Å². The van der Waals surface area contributed by atoms with Gasteiger partial charge in [-0.15, -0.1) is 0 Å². The lowest BCUT2D eigenvalue weighted by Crippen LogP contribution is -2.53. The Hall–Kier alpha value is -1.59. The summed E-state index contributed by atoms with van der Waals surface area (Å²) in [7, 11) is 0. The zero-order valence-corrected chi connectivity index (χ0v) is 13.2. The van der Waals surface area contributed by atoms with Crippen molar-refractivity contribution < 1.29 is 19.5 Å². The molecule has 0 fully saturated rings. The van der Waals surface area contributed by atoms with Gasteiger partial charge in [-0.25, -0.2) is 4.79 Å². The van der Waals surface area contributed by atoms with E-state index >= 15 is 0 Å². The number of nitrogens with zero attached hydrogens (tertiary/aromatic N) is 1. The van der Waals surface area contributed by atoms with E-state index in [1.54, 1.807) is 27.7 Å². The Bertz CT molecular complexity index is 383. The van der Waals surface area contributed by atoms with Gasteiger partial charge in [-0.1, -0.05) is 20.8 Å². The molecule has 0 bridgehead atoms. The third-order valence-electron chi connectivity index (χ3n) is 3.12. The van der Waals surface area contributed by atoms with Crippen molar-refractivity contribution in [3.8, 4) is 0 Å². The fraction of sp³-hybridized carbons (Fsp3) is 0.786. The molecule has 20 heavy (non-hydrogen) atoms. The molecule has 0 aliphatic heterocycles. The second-order valence-electron chi connectivity index (χ2n) is 6.26. The smallest absolute Gasteiger partial charge is 0.329 e. The van der Waals surface area contributed by atoms with Gasteiger partial charge >= 0.3 is 5.97 Å². The van der Waals surface area contributed by atoms with Crippen molar-refractivity contribution in [3.05, 3.63) is 0 Å². The Labute approximate surface area is 120 Å². The Kier molecular flexibility index (Phi) is 6.19. The number of carboxylic acids is 1. The van der Waals surface area contributed by atoms with Crippen LogP contribution in [-0.4, -0.2) is 46.4 Å². The summed E-state index contributed by atoms with van der Waals surface area (Å²) in [5, 5.41) is 11.8. The minimum absolute atomic E-state index is 0.0897. The molecule has 0 aliphatic rings. The Morgan fingerprint density at radius 3 is 1.95 bits per heavy atom. The number of carbonyl (C=O) groups excluding carboxylic acids is 2. The van der Waals surface area contributed by atoms with Crippen LogP contribution in [0.25, 0.3) is 0 Å². The number of carboxylic acid groups (broad SMARTS) is 1. The van der Waals surface area contributed by atoms with Crippen molar-refractivity contribution in [2.75, 3.05) is 13.1 Å². The summed E-state index contributed by atoms with van der Waals surface area (Å²) in [4.78, 5) is 36.2. The third kappa shape index (κ3) is 4.83. The lowest BCUT2D eigenvalue weighted by Gasteiger charge is -2.34. The van der Waals surface area contributed by atoms with Crippen molar-refractivity contribution in [3.63, 3.8) is 0 Å². The Morgan fingerprint density at radius 1 is 1.10 bits per heavy atom. The average molecular weight is 286 g/mol. The van der Waals surface area contributed by atoms with E-state index in [2.05, 4.69) is 5.32 Å². The minimum Gasteiger partial charge on any atom is -0.480 e. The number of aliphatic carboxylic acids is 1. The highest BCUT2D eigenvalue weighted by Crippen LogP contribution is 2.16. The van der Waals surface area contributed by atoms with E-state index in [1.165, 1.54) is 18.7 Å². The lowest BCUT2D eigenvalue weighted by atomic mass is 9.96. The van der Waals surface area contributed by atoms with Crippen molar-refractivity contribution in [1.82, 2.24) is 10.2 Å². The van der Waals surface area contributed by atoms with Gasteiger partial charge < -0.3 is 15.3 Å². The van der Waals surface area contributed by atoms with E-state index in [1.807, 2.05) is 0 Å². The van der Waals surface area contributed by atoms with Crippen molar-refractivity contribution in [2.45, 2.75) is 53.5 Å². The first-order chi connectivity index (χ1) is 8.94. The molecule has 0 aromatic heterocycles. The van der Waals surface area contributed by atoms with Crippen molar-refractivity contribution >= 4 is 17.8 Å². The molecule has 0 radical (unpaired) electrons. The van der Waals surface area contributed by atoms with E-state index < -0.39 is 16.9 Å². The van der Waals surface area contributed by atoms with Crippen LogP contribution in [0.2, 0.25) is 0 Å². The number of carbonyl (C=O) groups is 3. The van der Waals surface area contributed by atoms with Gasteiger partial charge in [-0.05, 0) is 20.8 Å². The van der Waals surface area contributed by atoms with Crippen LogP contribution >= 0.6 is 0 Å². The summed E-state index contributed by atoms with van der Waals surface area (Å²) in [6.07, 6.45) is 0.0897. The van der Waals surface area contributed by atoms with E-state index in [0.717, 1.165) is 0 Å². The summed E-state index contributed by atoms with van der Waals surface area (Å²) in [6.45, 7) is 10.6. The summed E-state index contributed by atoms with van der Waals surface area (Å²) in [6, 6.07) is 0. The zero-order chi connectivity index (χ0) is 16.1. The largest absolute Gasteiger partial charge is 0.480 e. The number of rotatable bonds is 6. The quantitative estimate of drug-likeness (QED) is 0.769. The lowest BCUT2D eigenvalue weighted by molar-refractivity contribution is -0.156. The molecule has 0 unspecified atom stereocenters. The third-order valence-corrected chi connectivity index (χ3v) is 3.12. The Morgan fingerprint density at radius 2 is 1.60 bits per heavy atom. The summed E-state index contributed by atoms with van der Waals surface area (Å²) >= 11 is 0. The number of likely N-dealkylation sites (N-methyl/N-ethyl adjacent to an activating group) is 1. The first-order valence-electron chi connectivity index (χ1n) is 6.76. The number of hydrogen-bond acceptors (Lipinski definition) is 3. The molecule has 0 aliphatic carbocycles. The maximum Gasteiger partial charge on any atom is 0.329 e. The molecule has 0 aromatic carbocycles. The van der Waals surface area contributed by atoms with Crippen LogP contribution in [0.15, 0.2) is 0 Å². The molecular formula is C14H26N2O4. The van der Waals surface area contributed by atoms with Crippen LogP contribution in [0.1, 0.15) is 48.0 Å². The molecule has 0 saturated heterocycles. The molecule has 0 saturated carbocycles. The van der Waals surface area contributed by atoms with E-state index in [4.69, 9.17) is 5.11 Å².